The van der Waals surface area contributed by atoms with Crippen LogP contribution in [0.5, 0.6) is 11.5 Å². The minimum Gasteiger partial charge on any atom is -0.497 e. The molecule has 3 aromatic rings. The molecular formula is C40H50BF3N3O6PS. The Hall–Kier alpha value is -3.28. The third-order valence-corrected chi connectivity index (χ3v) is 11.8. The Bertz CT molecular complexity index is 1610. The van der Waals surface area contributed by atoms with Crippen molar-refractivity contribution in [2.75, 3.05) is 40.5 Å². The van der Waals surface area contributed by atoms with Gasteiger partial charge in [0.1, 0.15) is 37.7 Å². The fourth-order valence-electron chi connectivity index (χ4n) is 6.77. The number of methoxy groups -OCH3 is 2. The summed E-state index contributed by atoms with van der Waals surface area (Å²) in [5.74, 6) is 0.913. The van der Waals surface area contributed by atoms with Crippen molar-refractivity contribution in [2.45, 2.75) is 82.6 Å². The molecule has 0 bridgehead atoms. The average Bonchev–Trinajstić information content (AvgIpc) is 3.46. The lowest BCUT2D eigenvalue weighted by atomic mass is 9.79. The Morgan fingerprint density at radius 3 is 1.96 bits per heavy atom. The number of hydrogen-bond donors (Lipinski definition) is 1. The van der Waals surface area contributed by atoms with Crippen LogP contribution in [0.1, 0.15) is 57.2 Å². The first-order valence-electron chi connectivity index (χ1n) is 18.2. The summed E-state index contributed by atoms with van der Waals surface area (Å²) in [5, 5.41) is 2.31. The van der Waals surface area contributed by atoms with E-state index in [1.807, 2.05) is 107 Å². The van der Waals surface area contributed by atoms with Gasteiger partial charge in [-0.25, -0.2) is 11.2 Å². The molecule has 2 radical (unpaired) electrons. The predicted octanol–water partition coefficient (Wildman–Crippen LogP) is 8.45. The zero-order valence-electron chi connectivity index (χ0n) is 32.1. The molecule has 1 saturated heterocycles. The van der Waals surface area contributed by atoms with Gasteiger partial charge < -0.3 is 38.2 Å². The topological polar surface area (TPSA) is 75.0 Å². The number of ether oxygens (including phenoxy) is 4. The van der Waals surface area contributed by atoms with Crippen LogP contribution in [0, 0.1) is 12.5 Å². The number of hydrogen-bond acceptors (Lipinski definition) is 8. The monoisotopic (exact) mass is 799 g/mol. The van der Waals surface area contributed by atoms with E-state index in [0.717, 1.165) is 16.7 Å². The van der Waals surface area contributed by atoms with Gasteiger partial charge in [0, 0.05) is 30.5 Å². The third kappa shape index (κ3) is 11.4. The number of nitrogens with zero attached hydrogens (tertiary/aromatic N) is 2. The minimum atomic E-state index is -4.62. The van der Waals surface area contributed by atoms with E-state index >= 15 is 0 Å². The lowest BCUT2D eigenvalue weighted by molar-refractivity contribution is -0.0717. The first-order valence-corrected chi connectivity index (χ1v) is 19.8. The lowest BCUT2D eigenvalue weighted by Gasteiger charge is -2.39. The van der Waals surface area contributed by atoms with E-state index in [1.54, 1.807) is 14.2 Å². The summed E-state index contributed by atoms with van der Waals surface area (Å²) in [5.41, 5.74) is 1.33. The van der Waals surface area contributed by atoms with Crippen LogP contribution in [0.2, 0.25) is 0 Å². The fraction of sp³-hybridized carbons (Fsp3) is 0.500. The molecule has 55 heavy (non-hydrogen) atoms. The van der Waals surface area contributed by atoms with Gasteiger partial charge in [-0.2, -0.15) is 13.2 Å². The van der Waals surface area contributed by atoms with Crippen molar-refractivity contribution in [3.05, 3.63) is 107 Å². The standard InChI is InChI=1S/C40H50BF3N3O6PS/c1-27(2)47(28(3)4)54(51-25-24-45-5)53-36-34(14-11-23-46-38(55)40(42,43)44)37(41)52-35(36)26-50-39(29-12-9-8-10-13-29,30-15-19-32(48-6)20-16-30)31-17-21-33(49-7)22-18-31/h8-10,12-13,15-22,27-28,34-37H,11,14,23-26H2,1-4,6-7H3,(H,46,55)/t34-,35+,36?,37+,54?/m0/s1. The molecule has 0 spiro atoms. The molecule has 2 unspecified atom stereocenters. The zero-order chi connectivity index (χ0) is 40.2. The van der Waals surface area contributed by atoms with E-state index in [0.29, 0.717) is 24.3 Å². The van der Waals surface area contributed by atoms with E-state index in [9.17, 15) is 13.2 Å². The Labute approximate surface area is 331 Å². The van der Waals surface area contributed by atoms with Gasteiger partial charge in [0.15, 0.2) is 4.99 Å². The molecule has 1 N–H and O–H groups in total. The molecule has 5 atom stereocenters. The normalized spacial score (nSPS) is 19.4. The molecule has 1 fully saturated rings. The lowest BCUT2D eigenvalue weighted by Crippen LogP contribution is -2.41. The van der Waals surface area contributed by atoms with E-state index in [2.05, 4.69) is 27.1 Å². The van der Waals surface area contributed by atoms with E-state index < -0.39 is 49.4 Å². The molecule has 0 aromatic heterocycles. The van der Waals surface area contributed by atoms with Crippen molar-refractivity contribution in [1.29, 1.82) is 0 Å². The van der Waals surface area contributed by atoms with Gasteiger partial charge in [0.2, 0.25) is 6.54 Å². The average molecular weight is 800 g/mol. The Kier molecular flexibility index (Phi) is 16.8. The van der Waals surface area contributed by atoms with Crippen molar-refractivity contribution >= 4 is 33.6 Å². The Balaban J connectivity index is 1.77. The van der Waals surface area contributed by atoms with Crippen LogP contribution in [-0.4, -0.2) is 94.5 Å². The molecule has 1 heterocycles. The van der Waals surface area contributed by atoms with Gasteiger partial charge >= 0.3 is 6.18 Å². The quantitative estimate of drug-likeness (QED) is 0.0303. The first-order chi connectivity index (χ1) is 26.3. The first kappa shape index (κ1) is 44.4. The van der Waals surface area contributed by atoms with E-state index in [4.69, 9.17) is 42.4 Å². The highest BCUT2D eigenvalue weighted by atomic mass is 32.1. The zero-order valence-corrected chi connectivity index (χ0v) is 33.8. The van der Waals surface area contributed by atoms with Crippen molar-refractivity contribution in [2.24, 2.45) is 5.92 Å². The molecule has 296 valence electrons. The van der Waals surface area contributed by atoms with Gasteiger partial charge in [0.25, 0.3) is 8.53 Å². The number of thiocarbonyl (C=S) groups is 1. The molecule has 0 saturated carbocycles. The summed E-state index contributed by atoms with van der Waals surface area (Å²) < 4.78 is 79.4. The van der Waals surface area contributed by atoms with Gasteiger partial charge in [-0.3, -0.25) is 0 Å². The molecule has 1 aliphatic rings. The molecular weight excluding hydrogens is 749 g/mol. The van der Waals surface area contributed by atoms with Crippen molar-refractivity contribution in [3.8, 4) is 11.5 Å². The van der Waals surface area contributed by atoms with Crippen LogP contribution >= 0.6 is 20.7 Å². The summed E-state index contributed by atoms with van der Waals surface area (Å²) in [7, 11) is 8.18. The second kappa shape index (κ2) is 20.8. The van der Waals surface area contributed by atoms with Gasteiger partial charge in [-0.05, 0) is 81.5 Å². The summed E-state index contributed by atoms with van der Waals surface area (Å²) in [4.78, 5) is 2.29. The summed E-state index contributed by atoms with van der Waals surface area (Å²) in [6.07, 6.45) is -5.36. The van der Waals surface area contributed by atoms with Crippen LogP contribution in [0.15, 0.2) is 78.9 Å². The van der Waals surface area contributed by atoms with Crippen molar-refractivity contribution in [1.82, 2.24) is 9.99 Å². The highest BCUT2D eigenvalue weighted by Gasteiger charge is 2.48. The largest absolute Gasteiger partial charge is 0.497 e. The Morgan fingerprint density at radius 2 is 1.47 bits per heavy atom. The van der Waals surface area contributed by atoms with Crippen molar-refractivity contribution < 1.29 is 41.2 Å². The smallest absolute Gasteiger partial charge is 0.441 e. The second-order valence-corrected chi connectivity index (χ2v) is 15.4. The molecule has 9 nitrogen and oxygen atoms in total. The molecule has 1 aliphatic heterocycles. The summed E-state index contributed by atoms with van der Waals surface area (Å²) in [6, 6.07) is 24.4. The predicted molar refractivity (Wildman–Crippen MR) is 213 cm³/mol. The van der Waals surface area contributed by atoms with Crippen LogP contribution in [0.25, 0.3) is 4.85 Å². The van der Waals surface area contributed by atoms with Gasteiger partial charge in [0.05, 0.1) is 26.9 Å². The Morgan fingerprint density at radius 1 is 0.927 bits per heavy atom. The van der Waals surface area contributed by atoms with Crippen LogP contribution < -0.4 is 14.8 Å². The van der Waals surface area contributed by atoms with E-state index in [-0.39, 0.29) is 38.4 Å². The van der Waals surface area contributed by atoms with Crippen LogP contribution in [-0.2, 0) is 24.1 Å². The van der Waals surface area contributed by atoms with Crippen LogP contribution in [0.4, 0.5) is 13.2 Å². The fourth-order valence-corrected chi connectivity index (χ4v) is 8.66. The second-order valence-electron chi connectivity index (χ2n) is 13.6. The van der Waals surface area contributed by atoms with E-state index in [1.165, 1.54) is 0 Å². The number of halogens is 3. The highest BCUT2D eigenvalue weighted by Crippen LogP contribution is 2.51. The number of rotatable bonds is 20. The molecule has 0 aliphatic carbocycles. The number of nitrogens with one attached hydrogen (secondary N) is 1. The van der Waals surface area contributed by atoms with Gasteiger partial charge in [-0.1, -0.05) is 66.8 Å². The minimum absolute atomic E-state index is 0.00676. The van der Waals surface area contributed by atoms with Crippen molar-refractivity contribution in [3.63, 3.8) is 0 Å². The maximum atomic E-state index is 13.1. The molecule has 15 heteroatoms. The molecule has 3 aromatic carbocycles. The summed E-state index contributed by atoms with van der Waals surface area (Å²) >= 11 is 4.53. The summed E-state index contributed by atoms with van der Waals surface area (Å²) in [6.45, 7) is 15.8. The number of alkyl halides is 3. The highest BCUT2D eigenvalue weighted by molar-refractivity contribution is 7.80. The third-order valence-electron chi connectivity index (χ3n) is 9.30. The maximum absolute atomic E-state index is 13.1. The van der Waals surface area contributed by atoms with Crippen LogP contribution in [0.3, 0.4) is 0 Å². The van der Waals surface area contributed by atoms with Gasteiger partial charge in [-0.15, -0.1) is 0 Å². The SMILES string of the molecule is [B][C@@H]1O[C@H](COC(c2ccccc2)(c2ccc(OC)cc2)c2ccc(OC)cc2)C(OP(OCC[N+]#[C-])N(C(C)C)C(C)C)[C@@H]1CCCNC(=S)C(F)(F)F. The molecule has 0 amide bonds. The molecule has 4 rings (SSSR count). The number of benzene rings is 3. The maximum Gasteiger partial charge on any atom is 0.441 e.